The summed E-state index contributed by atoms with van der Waals surface area (Å²) in [5.41, 5.74) is 0.699. The Kier molecular flexibility index (Phi) is 5.02. The van der Waals surface area contributed by atoms with Crippen LogP contribution in [-0.4, -0.2) is 35.5 Å². The fraction of sp³-hybridized carbons (Fsp3) is 0.538. The number of likely N-dealkylation sites (tertiary alicyclic amines) is 1. The predicted molar refractivity (Wildman–Crippen MR) is 74.3 cm³/mol. The monoisotopic (exact) mass is 302 g/mol. The van der Waals surface area contributed by atoms with Gasteiger partial charge in [-0.1, -0.05) is 29.6 Å². The molecule has 0 aromatic carbocycles. The molecule has 1 aromatic heterocycles. The standard InChI is InChI=1S/C13H16Cl2N2O2/c1-19-13(18)11-4-2-3-7-17(11)8-10-9(14)5-6-12(15)16-10/h5-6,11H,2-4,7-8H2,1H3/t11-/m1/s1. The maximum Gasteiger partial charge on any atom is 0.323 e. The van der Waals surface area contributed by atoms with Crippen molar-refractivity contribution in [1.29, 1.82) is 0 Å². The number of piperidine rings is 1. The molecule has 4 nitrogen and oxygen atoms in total. The summed E-state index contributed by atoms with van der Waals surface area (Å²) >= 11 is 12.0. The predicted octanol–water partition coefficient (Wildman–Crippen LogP) is 2.92. The first kappa shape index (κ1) is 14.6. The fourth-order valence-electron chi connectivity index (χ4n) is 2.34. The molecule has 1 aliphatic heterocycles. The van der Waals surface area contributed by atoms with Crippen molar-refractivity contribution in [3.8, 4) is 0 Å². The van der Waals surface area contributed by atoms with E-state index in [4.69, 9.17) is 27.9 Å². The number of carbonyl (C=O) groups excluding carboxylic acids is 1. The summed E-state index contributed by atoms with van der Waals surface area (Å²) in [6.07, 6.45) is 2.91. The first-order valence-electron chi connectivity index (χ1n) is 6.24. The van der Waals surface area contributed by atoms with Gasteiger partial charge in [-0.05, 0) is 31.5 Å². The van der Waals surface area contributed by atoms with Crippen molar-refractivity contribution in [3.63, 3.8) is 0 Å². The average Bonchev–Trinajstić information content (AvgIpc) is 2.42. The second-order valence-corrected chi connectivity index (χ2v) is 5.36. The van der Waals surface area contributed by atoms with Crippen molar-refractivity contribution in [2.45, 2.75) is 31.8 Å². The highest BCUT2D eigenvalue weighted by Crippen LogP contribution is 2.24. The summed E-state index contributed by atoms with van der Waals surface area (Å²) in [6.45, 7) is 1.35. The third kappa shape index (κ3) is 3.59. The van der Waals surface area contributed by atoms with Gasteiger partial charge >= 0.3 is 5.97 Å². The number of ether oxygens (including phenoxy) is 1. The van der Waals surface area contributed by atoms with Crippen LogP contribution in [0.1, 0.15) is 25.0 Å². The van der Waals surface area contributed by atoms with E-state index in [0.717, 1.165) is 25.8 Å². The highest BCUT2D eigenvalue weighted by atomic mass is 35.5. The SMILES string of the molecule is COC(=O)[C@H]1CCCCN1Cc1nc(Cl)ccc1Cl. The normalized spacial score (nSPS) is 20.3. The quantitative estimate of drug-likeness (QED) is 0.636. The van der Waals surface area contributed by atoms with Crippen LogP contribution < -0.4 is 0 Å². The van der Waals surface area contributed by atoms with Crippen LogP contribution in [0.3, 0.4) is 0 Å². The number of carbonyl (C=O) groups is 1. The number of halogens is 2. The van der Waals surface area contributed by atoms with E-state index in [1.54, 1.807) is 12.1 Å². The Labute approximate surface area is 122 Å². The molecular weight excluding hydrogens is 287 g/mol. The van der Waals surface area contributed by atoms with Crippen molar-refractivity contribution < 1.29 is 9.53 Å². The maximum absolute atomic E-state index is 11.8. The lowest BCUT2D eigenvalue weighted by Crippen LogP contribution is -2.44. The second-order valence-electron chi connectivity index (χ2n) is 4.57. The Bertz CT molecular complexity index is 468. The van der Waals surface area contributed by atoms with Crippen LogP contribution in [0, 0.1) is 0 Å². The van der Waals surface area contributed by atoms with Crippen molar-refractivity contribution >= 4 is 29.2 Å². The van der Waals surface area contributed by atoms with E-state index in [2.05, 4.69) is 9.88 Å². The molecule has 2 rings (SSSR count). The highest BCUT2D eigenvalue weighted by Gasteiger charge is 2.30. The number of methoxy groups -OCH3 is 1. The molecule has 1 saturated heterocycles. The average molecular weight is 303 g/mol. The molecule has 2 heterocycles. The smallest absolute Gasteiger partial charge is 0.323 e. The number of rotatable bonds is 3. The third-order valence-corrected chi connectivity index (χ3v) is 3.88. The van der Waals surface area contributed by atoms with Gasteiger partial charge in [0.25, 0.3) is 0 Å². The Morgan fingerprint density at radius 2 is 2.26 bits per heavy atom. The topological polar surface area (TPSA) is 42.4 Å². The lowest BCUT2D eigenvalue weighted by atomic mass is 10.0. The van der Waals surface area contributed by atoms with E-state index < -0.39 is 0 Å². The van der Waals surface area contributed by atoms with Crippen LogP contribution in [0.2, 0.25) is 10.2 Å². The Morgan fingerprint density at radius 3 is 3.00 bits per heavy atom. The van der Waals surface area contributed by atoms with E-state index in [0.29, 0.717) is 22.4 Å². The largest absolute Gasteiger partial charge is 0.468 e. The van der Waals surface area contributed by atoms with Crippen molar-refractivity contribution in [2.24, 2.45) is 0 Å². The molecular formula is C13H16Cl2N2O2. The van der Waals surface area contributed by atoms with Gasteiger partial charge in [0, 0.05) is 6.54 Å². The zero-order valence-electron chi connectivity index (χ0n) is 10.7. The zero-order valence-corrected chi connectivity index (χ0v) is 12.2. The molecule has 1 aliphatic rings. The number of esters is 1. The molecule has 1 aromatic rings. The molecule has 1 fully saturated rings. The number of hydrogen-bond donors (Lipinski definition) is 0. The summed E-state index contributed by atoms with van der Waals surface area (Å²) in [5.74, 6) is -0.196. The summed E-state index contributed by atoms with van der Waals surface area (Å²) in [5, 5.41) is 0.976. The zero-order chi connectivity index (χ0) is 13.8. The summed E-state index contributed by atoms with van der Waals surface area (Å²) in [4.78, 5) is 18.1. The molecule has 19 heavy (non-hydrogen) atoms. The van der Waals surface area contributed by atoms with Crippen LogP contribution in [0.5, 0.6) is 0 Å². The van der Waals surface area contributed by atoms with Gasteiger partial charge in [0.05, 0.1) is 17.8 Å². The van der Waals surface area contributed by atoms with Crippen LogP contribution >= 0.6 is 23.2 Å². The number of pyridine rings is 1. The minimum atomic E-state index is -0.212. The first-order chi connectivity index (χ1) is 9.11. The molecule has 0 amide bonds. The van der Waals surface area contributed by atoms with Crippen LogP contribution in [0.4, 0.5) is 0 Å². The minimum Gasteiger partial charge on any atom is -0.468 e. The van der Waals surface area contributed by atoms with Crippen molar-refractivity contribution in [3.05, 3.63) is 28.0 Å². The van der Waals surface area contributed by atoms with Crippen LogP contribution in [-0.2, 0) is 16.1 Å². The molecule has 0 aliphatic carbocycles. The van der Waals surface area contributed by atoms with Crippen molar-refractivity contribution in [2.75, 3.05) is 13.7 Å². The van der Waals surface area contributed by atoms with E-state index >= 15 is 0 Å². The van der Waals surface area contributed by atoms with Crippen LogP contribution in [0.25, 0.3) is 0 Å². The van der Waals surface area contributed by atoms with Gasteiger partial charge < -0.3 is 4.74 Å². The van der Waals surface area contributed by atoms with Gasteiger partial charge in [-0.15, -0.1) is 0 Å². The molecule has 1 atom stereocenters. The number of aromatic nitrogens is 1. The molecule has 0 spiro atoms. The third-order valence-electron chi connectivity index (χ3n) is 3.32. The second kappa shape index (κ2) is 6.55. The fourth-order valence-corrected chi connectivity index (χ4v) is 2.67. The molecule has 0 radical (unpaired) electrons. The Hall–Kier alpha value is -0.840. The van der Waals surface area contributed by atoms with Gasteiger partial charge in [-0.3, -0.25) is 9.69 Å². The maximum atomic E-state index is 11.8. The molecule has 0 saturated carbocycles. The number of hydrogen-bond acceptors (Lipinski definition) is 4. The van der Waals surface area contributed by atoms with Gasteiger partial charge in [0.15, 0.2) is 0 Å². The summed E-state index contributed by atoms with van der Waals surface area (Å²) < 4.78 is 4.85. The van der Waals surface area contributed by atoms with E-state index in [1.165, 1.54) is 7.11 Å². The molecule has 6 heteroatoms. The first-order valence-corrected chi connectivity index (χ1v) is 7.00. The van der Waals surface area contributed by atoms with E-state index in [-0.39, 0.29) is 12.0 Å². The molecule has 0 bridgehead atoms. The van der Waals surface area contributed by atoms with Gasteiger partial charge in [0.2, 0.25) is 0 Å². The van der Waals surface area contributed by atoms with Crippen molar-refractivity contribution in [1.82, 2.24) is 9.88 Å². The summed E-state index contributed by atoms with van der Waals surface area (Å²) in [6, 6.07) is 3.17. The molecule has 0 N–H and O–H groups in total. The number of nitrogens with zero attached hydrogens (tertiary/aromatic N) is 2. The van der Waals surface area contributed by atoms with Gasteiger partial charge in [-0.25, -0.2) is 4.98 Å². The van der Waals surface area contributed by atoms with E-state index in [9.17, 15) is 4.79 Å². The Balaban J connectivity index is 2.15. The van der Waals surface area contributed by atoms with Gasteiger partial charge in [0.1, 0.15) is 11.2 Å². The molecule has 104 valence electrons. The minimum absolute atomic E-state index is 0.196. The lowest BCUT2D eigenvalue weighted by molar-refractivity contribution is -0.148. The summed E-state index contributed by atoms with van der Waals surface area (Å²) in [7, 11) is 1.42. The van der Waals surface area contributed by atoms with Gasteiger partial charge in [-0.2, -0.15) is 0 Å². The van der Waals surface area contributed by atoms with E-state index in [1.807, 2.05) is 0 Å². The lowest BCUT2D eigenvalue weighted by Gasteiger charge is -2.33. The Morgan fingerprint density at radius 1 is 1.47 bits per heavy atom. The van der Waals surface area contributed by atoms with Crippen LogP contribution in [0.15, 0.2) is 12.1 Å². The highest BCUT2D eigenvalue weighted by molar-refractivity contribution is 6.32. The molecule has 0 unspecified atom stereocenters.